The van der Waals surface area contributed by atoms with Crippen LogP contribution >= 0.6 is 0 Å². The lowest BCUT2D eigenvalue weighted by atomic mass is 10.1. The van der Waals surface area contributed by atoms with E-state index in [0.29, 0.717) is 25.9 Å². The molecule has 1 heterocycles. The van der Waals surface area contributed by atoms with Gasteiger partial charge in [-0.25, -0.2) is 17.5 Å². The molecule has 0 amide bonds. The summed E-state index contributed by atoms with van der Waals surface area (Å²) in [5, 5.41) is 8.76. The highest BCUT2D eigenvalue weighted by atomic mass is 32.2. The summed E-state index contributed by atoms with van der Waals surface area (Å²) in [6, 6.07) is 6.53. The fraction of sp³-hybridized carbons (Fsp3) is 0.462. The van der Waals surface area contributed by atoms with Crippen LogP contribution in [-0.4, -0.2) is 42.6 Å². The van der Waals surface area contributed by atoms with E-state index in [9.17, 15) is 13.2 Å². The van der Waals surface area contributed by atoms with Crippen LogP contribution < -0.4 is 0 Å². The van der Waals surface area contributed by atoms with Crippen LogP contribution in [0.5, 0.6) is 0 Å². The second-order valence-electron chi connectivity index (χ2n) is 4.32. The Hall–Kier alpha value is -1.40. The third-order valence-corrected chi connectivity index (χ3v) is 5.01. The zero-order valence-electron chi connectivity index (χ0n) is 9.87. The molecule has 1 aliphatic heterocycles. The highest BCUT2D eigenvalue weighted by Gasteiger charge is 2.27. The van der Waals surface area contributed by atoms with Crippen LogP contribution in [0.15, 0.2) is 24.3 Å². The molecule has 6 heteroatoms. The maximum atomic E-state index is 11.6. The second kappa shape index (κ2) is 6.16. The average Bonchev–Trinajstić information content (AvgIpc) is 2.66. The molecule has 1 fully saturated rings. The van der Waals surface area contributed by atoms with Crippen molar-refractivity contribution in [1.82, 2.24) is 4.31 Å². The Morgan fingerprint density at radius 3 is 2.37 bits per heavy atom. The van der Waals surface area contributed by atoms with E-state index < -0.39 is 16.0 Å². The second-order valence-corrected chi connectivity index (χ2v) is 6.41. The standard InChI is InChI=1S/C12H15NO4S.CH4/c14-12(15)11-4-2-10(3-5-11)6-8-13-7-1-9-18(13,16)17;/h2-5H,1,6-9H2,(H,14,15);1H4. The lowest BCUT2D eigenvalue weighted by Gasteiger charge is -2.13. The van der Waals surface area contributed by atoms with Crippen LogP contribution in [-0.2, 0) is 16.4 Å². The molecule has 0 aromatic heterocycles. The molecule has 2 rings (SSSR count). The first kappa shape index (κ1) is 15.7. The van der Waals surface area contributed by atoms with Crippen LogP contribution in [0.2, 0.25) is 0 Å². The van der Waals surface area contributed by atoms with Gasteiger partial charge in [-0.2, -0.15) is 0 Å². The zero-order chi connectivity index (χ0) is 13.2. The van der Waals surface area contributed by atoms with Gasteiger partial charge in [-0.15, -0.1) is 0 Å². The third-order valence-electron chi connectivity index (χ3n) is 3.05. The Labute approximate surface area is 113 Å². The van der Waals surface area contributed by atoms with E-state index in [1.165, 1.54) is 16.4 Å². The summed E-state index contributed by atoms with van der Waals surface area (Å²) in [7, 11) is -3.04. The van der Waals surface area contributed by atoms with Crippen molar-refractivity contribution in [3.63, 3.8) is 0 Å². The molecule has 5 nitrogen and oxygen atoms in total. The highest BCUT2D eigenvalue weighted by molar-refractivity contribution is 7.89. The van der Waals surface area contributed by atoms with Gasteiger partial charge in [-0.05, 0) is 30.5 Å². The topological polar surface area (TPSA) is 74.7 Å². The average molecular weight is 285 g/mol. The number of nitrogens with zero attached hydrogens (tertiary/aromatic N) is 1. The first-order valence-electron chi connectivity index (χ1n) is 5.79. The van der Waals surface area contributed by atoms with Gasteiger partial charge in [-0.3, -0.25) is 0 Å². The third kappa shape index (κ3) is 3.78. The summed E-state index contributed by atoms with van der Waals surface area (Å²) in [5.41, 5.74) is 1.19. The lowest BCUT2D eigenvalue weighted by Crippen LogP contribution is -2.27. The summed E-state index contributed by atoms with van der Waals surface area (Å²) in [6.45, 7) is 1.06. The molecule has 19 heavy (non-hydrogen) atoms. The number of carboxylic acid groups (broad SMARTS) is 1. The van der Waals surface area contributed by atoms with Gasteiger partial charge in [0.25, 0.3) is 0 Å². The van der Waals surface area contributed by atoms with Crippen LogP contribution in [0.4, 0.5) is 0 Å². The Morgan fingerprint density at radius 1 is 1.26 bits per heavy atom. The van der Waals surface area contributed by atoms with E-state index in [1.54, 1.807) is 12.1 Å². The molecule has 1 aromatic rings. The number of benzene rings is 1. The molecule has 0 saturated carbocycles. The number of sulfonamides is 1. The van der Waals surface area contributed by atoms with Gasteiger partial charge in [0.15, 0.2) is 0 Å². The molecule has 1 saturated heterocycles. The van der Waals surface area contributed by atoms with Crippen molar-refractivity contribution >= 4 is 16.0 Å². The summed E-state index contributed by atoms with van der Waals surface area (Å²) in [4.78, 5) is 10.7. The number of carbonyl (C=O) groups is 1. The Kier molecular flexibility index (Phi) is 5.08. The van der Waals surface area contributed by atoms with Gasteiger partial charge in [-0.1, -0.05) is 19.6 Å². The molecule has 0 unspecified atom stereocenters. The summed E-state index contributed by atoms with van der Waals surface area (Å²) >= 11 is 0. The molecule has 0 aliphatic carbocycles. The monoisotopic (exact) mass is 285 g/mol. The van der Waals surface area contributed by atoms with Gasteiger partial charge in [0.1, 0.15) is 0 Å². The lowest BCUT2D eigenvalue weighted by molar-refractivity contribution is 0.0697. The highest BCUT2D eigenvalue weighted by Crippen LogP contribution is 2.14. The van der Waals surface area contributed by atoms with Crippen LogP contribution in [0.1, 0.15) is 29.8 Å². The van der Waals surface area contributed by atoms with E-state index in [4.69, 9.17) is 5.11 Å². The minimum atomic E-state index is -3.04. The van der Waals surface area contributed by atoms with Crippen LogP contribution in [0, 0.1) is 0 Å². The fourth-order valence-electron chi connectivity index (χ4n) is 2.01. The van der Waals surface area contributed by atoms with Gasteiger partial charge >= 0.3 is 5.97 Å². The molecule has 0 spiro atoms. The van der Waals surface area contributed by atoms with E-state index >= 15 is 0 Å². The molecule has 1 N–H and O–H groups in total. The first-order valence-corrected chi connectivity index (χ1v) is 7.40. The van der Waals surface area contributed by atoms with Crippen molar-refractivity contribution in [2.45, 2.75) is 20.3 Å². The van der Waals surface area contributed by atoms with Crippen LogP contribution in [0.3, 0.4) is 0 Å². The molecular weight excluding hydrogens is 266 g/mol. The molecule has 0 atom stereocenters. The number of hydrogen-bond acceptors (Lipinski definition) is 3. The number of hydrogen-bond donors (Lipinski definition) is 1. The van der Waals surface area contributed by atoms with Crippen molar-refractivity contribution < 1.29 is 18.3 Å². The molecule has 106 valence electrons. The van der Waals surface area contributed by atoms with Crippen molar-refractivity contribution in [3.05, 3.63) is 35.4 Å². The Morgan fingerprint density at radius 2 is 1.89 bits per heavy atom. The summed E-state index contributed by atoms with van der Waals surface area (Å²) in [5.74, 6) is -0.714. The largest absolute Gasteiger partial charge is 0.478 e. The predicted octanol–water partition coefficient (Wildman–Crippen LogP) is 1.60. The van der Waals surface area contributed by atoms with Crippen molar-refractivity contribution in [2.75, 3.05) is 18.8 Å². The molecule has 0 radical (unpaired) electrons. The summed E-state index contributed by atoms with van der Waals surface area (Å²) in [6.07, 6.45) is 1.30. The van der Waals surface area contributed by atoms with E-state index in [1.807, 2.05) is 0 Å². The van der Waals surface area contributed by atoms with Crippen molar-refractivity contribution in [1.29, 1.82) is 0 Å². The normalized spacial score (nSPS) is 17.9. The van der Waals surface area contributed by atoms with Crippen LogP contribution in [0.25, 0.3) is 0 Å². The van der Waals surface area contributed by atoms with Crippen molar-refractivity contribution in [3.8, 4) is 0 Å². The summed E-state index contributed by atoms with van der Waals surface area (Å²) < 4.78 is 24.6. The number of rotatable bonds is 4. The Bertz CT molecular complexity index is 536. The number of carboxylic acids is 1. The Balaban J connectivity index is 0.00000180. The molecule has 1 aromatic carbocycles. The predicted molar refractivity (Wildman–Crippen MR) is 73.8 cm³/mol. The van der Waals surface area contributed by atoms with Gasteiger partial charge in [0, 0.05) is 13.1 Å². The van der Waals surface area contributed by atoms with Gasteiger partial charge in [0.05, 0.1) is 11.3 Å². The van der Waals surface area contributed by atoms with Crippen molar-refractivity contribution in [2.24, 2.45) is 0 Å². The minimum Gasteiger partial charge on any atom is -0.478 e. The first-order chi connectivity index (χ1) is 8.49. The molecule has 1 aliphatic rings. The van der Waals surface area contributed by atoms with Gasteiger partial charge in [0.2, 0.25) is 10.0 Å². The maximum Gasteiger partial charge on any atom is 0.335 e. The smallest absolute Gasteiger partial charge is 0.335 e. The maximum absolute atomic E-state index is 11.6. The van der Waals surface area contributed by atoms with E-state index in [0.717, 1.165) is 5.56 Å². The number of aromatic carboxylic acids is 1. The minimum absolute atomic E-state index is 0. The fourth-order valence-corrected chi connectivity index (χ4v) is 3.54. The molecule has 0 bridgehead atoms. The van der Waals surface area contributed by atoms with Gasteiger partial charge < -0.3 is 5.11 Å². The molecular formula is C13H19NO4S. The zero-order valence-corrected chi connectivity index (χ0v) is 10.7. The SMILES string of the molecule is C.O=C(O)c1ccc(CCN2CCCS2(=O)=O)cc1. The quantitative estimate of drug-likeness (QED) is 0.911. The van der Waals surface area contributed by atoms with E-state index in [2.05, 4.69) is 0 Å². The van der Waals surface area contributed by atoms with E-state index in [-0.39, 0.29) is 18.7 Å².